The molecule has 0 unspecified atom stereocenters. The van der Waals surface area contributed by atoms with Crippen LogP contribution in [0.15, 0.2) is 65.6 Å². The topological polar surface area (TPSA) is 46.2 Å². The highest BCUT2D eigenvalue weighted by atomic mass is 35.5. The lowest BCUT2D eigenvalue weighted by molar-refractivity contribution is 0.601. The van der Waals surface area contributed by atoms with Crippen LogP contribution in [-0.4, -0.2) is 8.42 Å². The second kappa shape index (κ2) is 5.63. The average Bonchev–Trinajstić information content (AvgIpc) is 2.50. The molecule has 0 fully saturated rings. The van der Waals surface area contributed by atoms with Gasteiger partial charge in [-0.25, -0.2) is 8.42 Å². The third-order valence-corrected chi connectivity index (χ3v) is 5.26. The molecule has 0 bridgehead atoms. The second-order valence-electron chi connectivity index (χ2n) is 5.04. The molecule has 0 aromatic heterocycles. The Balaban J connectivity index is 2.05. The van der Waals surface area contributed by atoms with Crippen molar-refractivity contribution in [2.24, 2.45) is 0 Å². The Bertz CT molecular complexity index is 947. The number of rotatable bonds is 3. The van der Waals surface area contributed by atoms with Crippen molar-refractivity contribution in [1.82, 2.24) is 0 Å². The van der Waals surface area contributed by atoms with Crippen molar-refractivity contribution in [3.05, 3.63) is 71.2 Å². The molecule has 0 amide bonds. The number of hydrogen-bond donors (Lipinski definition) is 1. The van der Waals surface area contributed by atoms with E-state index >= 15 is 0 Å². The van der Waals surface area contributed by atoms with Crippen molar-refractivity contribution >= 4 is 38.1 Å². The van der Waals surface area contributed by atoms with Gasteiger partial charge in [-0.1, -0.05) is 48.0 Å². The lowest BCUT2D eigenvalue weighted by Gasteiger charge is -2.11. The van der Waals surface area contributed by atoms with Gasteiger partial charge in [0.15, 0.2) is 0 Å². The number of aryl methyl sites for hydroxylation is 1. The predicted octanol–water partition coefficient (Wildman–Crippen LogP) is 4.60. The highest BCUT2D eigenvalue weighted by Crippen LogP contribution is 2.26. The fourth-order valence-electron chi connectivity index (χ4n) is 2.30. The van der Waals surface area contributed by atoms with Crippen LogP contribution in [0, 0.1) is 6.92 Å². The molecule has 0 radical (unpaired) electrons. The molecule has 3 rings (SSSR count). The summed E-state index contributed by atoms with van der Waals surface area (Å²) in [4.78, 5) is 0.197. The van der Waals surface area contributed by atoms with E-state index in [0.717, 1.165) is 16.3 Å². The Morgan fingerprint density at radius 2 is 1.68 bits per heavy atom. The number of fused-ring (bicyclic) bond motifs is 1. The Morgan fingerprint density at radius 1 is 0.955 bits per heavy atom. The molecule has 3 nitrogen and oxygen atoms in total. The summed E-state index contributed by atoms with van der Waals surface area (Å²) >= 11 is 5.95. The molecule has 0 aliphatic carbocycles. The molecule has 0 saturated heterocycles. The number of anilines is 1. The quantitative estimate of drug-likeness (QED) is 0.762. The molecule has 0 aliphatic rings. The number of nitrogens with one attached hydrogen (secondary N) is 1. The molecule has 0 spiro atoms. The van der Waals surface area contributed by atoms with Crippen LogP contribution in [-0.2, 0) is 10.0 Å². The minimum Gasteiger partial charge on any atom is -0.279 e. The van der Waals surface area contributed by atoms with E-state index in [2.05, 4.69) is 4.72 Å². The molecule has 22 heavy (non-hydrogen) atoms. The van der Waals surface area contributed by atoms with E-state index < -0.39 is 10.0 Å². The van der Waals surface area contributed by atoms with Gasteiger partial charge in [0.25, 0.3) is 10.0 Å². The summed E-state index contributed by atoms with van der Waals surface area (Å²) in [7, 11) is -3.65. The molecule has 112 valence electrons. The van der Waals surface area contributed by atoms with Gasteiger partial charge in [-0.05, 0) is 42.1 Å². The Kier molecular flexibility index (Phi) is 3.81. The van der Waals surface area contributed by atoms with Crippen LogP contribution in [0.1, 0.15) is 5.56 Å². The van der Waals surface area contributed by atoms with E-state index in [1.807, 2.05) is 36.4 Å². The Morgan fingerprint density at radius 3 is 2.45 bits per heavy atom. The van der Waals surface area contributed by atoms with Crippen molar-refractivity contribution in [2.75, 3.05) is 4.72 Å². The molecule has 0 atom stereocenters. The zero-order chi connectivity index (χ0) is 15.7. The van der Waals surface area contributed by atoms with Crippen LogP contribution in [0.4, 0.5) is 5.69 Å². The number of halogens is 1. The van der Waals surface area contributed by atoms with E-state index in [0.29, 0.717) is 10.7 Å². The van der Waals surface area contributed by atoms with E-state index in [1.165, 1.54) is 6.07 Å². The van der Waals surface area contributed by atoms with Gasteiger partial charge in [-0.15, -0.1) is 0 Å². The summed E-state index contributed by atoms with van der Waals surface area (Å²) in [6, 6.07) is 17.8. The van der Waals surface area contributed by atoms with Gasteiger partial charge in [0.05, 0.1) is 10.6 Å². The van der Waals surface area contributed by atoms with E-state index in [4.69, 9.17) is 11.6 Å². The lowest BCUT2D eigenvalue weighted by atomic mass is 10.1. The number of benzene rings is 3. The van der Waals surface area contributed by atoms with E-state index in [-0.39, 0.29) is 4.90 Å². The SMILES string of the molecule is Cc1cc(S(=O)(=O)Nc2cccc3ccccc23)ccc1Cl. The Labute approximate surface area is 134 Å². The molecule has 0 aliphatic heterocycles. The lowest BCUT2D eigenvalue weighted by Crippen LogP contribution is -2.13. The van der Waals surface area contributed by atoms with Crippen LogP contribution in [0.25, 0.3) is 10.8 Å². The van der Waals surface area contributed by atoms with Crippen molar-refractivity contribution in [3.63, 3.8) is 0 Å². The maximum Gasteiger partial charge on any atom is 0.261 e. The molecular formula is C17H14ClNO2S. The second-order valence-corrected chi connectivity index (χ2v) is 7.13. The fraction of sp³-hybridized carbons (Fsp3) is 0.0588. The summed E-state index contributed by atoms with van der Waals surface area (Å²) in [5.74, 6) is 0. The minimum absolute atomic E-state index is 0.197. The number of hydrogen-bond acceptors (Lipinski definition) is 2. The predicted molar refractivity (Wildman–Crippen MR) is 90.9 cm³/mol. The minimum atomic E-state index is -3.65. The van der Waals surface area contributed by atoms with Crippen molar-refractivity contribution in [1.29, 1.82) is 0 Å². The molecule has 0 saturated carbocycles. The summed E-state index contributed by atoms with van der Waals surface area (Å²) in [5.41, 5.74) is 1.29. The molecular weight excluding hydrogens is 318 g/mol. The largest absolute Gasteiger partial charge is 0.279 e. The highest BCUT2D eigenvalue weighted by molar-refractivity contribution is 7.92. The molecule has 1 N–H and O–H groups in total. The van der Waals surface area contributed by atoms with Crippen LogP contribution in [0.3, 0.4) is 0 Å². The standard InChI is InChI=1S/C17H14ClNO2S/c1-12-11-14(9-10-16(12)18)22(20,21)19-17-8-4-6-13-5-2-3-7-15(13)17/h2-11,19H,1H3. The van der Waals surface area contributed by atoms with E-state index in [9.17, 15) is 8.42 Å². The highest BCUT2D eigenvalue weighted by Gasteiger charge is 2.16. The van der Waals surface area contributed by atoms with Crippen molar-refractivity contribution in [3.8, 4) is 0 Å². The first-order valence-electron chi connectivity index (χ1n) is 6.74. The Hall–Kier alpha value is -2.04. The van der Waals surface area contributed by atoms with Gasteiger partial charge in [-0.3, -0.25) is 4.72 Å². The first-order chi connectivity index (χ1) is 10.5. The summed E-state index contributed by atoms with van der Waals surface area (Å²) in [6.45, 7) is 1.78. The smallest absolute Gasteiger partial charge is 0.261 e. The average molecular weight is 332 g/mol. The zero-order valence-corrected chi connectivity index (χ0v) is 13.4. The van der Waals surface area contributed by atoms with Crippen LogP contribution < -0.4 is 4.72 Å². The summed E-state index contributed by atoms with van der Waals surface area (Å²) < 4.78 is 27.8. The van der Waals surface area contributed by atoms with Gasteiger partial charge in [-0.2, -0.15) is 0 Å². The van der Waals surface area contributed by atoms with Crippen LogP contribution in [0.2, 0.25) is 5.02 Å². The van der Waals surface area contributed by atoms with Gasteiger partial charge >= 0.3 is 0 Å². The first-order valence-corrected chi connectivity index (χ1v) is 8.60. The monoisotopic (exact) mass is 331 g/mol. The third-order valence-electron chi connectivity index (χ3n) is 3.47. The number of sulfonamides is 1. The summed E-state index contributed by atoms with van der Waals surface area (Å²) in [5, 5.41) is 2.39. The molecule has 3 aromatic carbocycles. The van der Waals surface area contributed by atoms with Crippen LogP contribution >= 0.6 is 11.6 Å². The van der Waals surface area contributed by atoms with Crippen molar-refractivity contribution in [2.45, 2.75) is 11.8 Å². The molecule has 5 heteroatoms. The van der Waals surface area contributed by atoms with Gasteiger partial charge in [0, 0.05) is 10.4 Å². The maximum absolute atomic E-state index is 12.6. The third kappa shape index (κ3) is 2.80. The maximum atomic E-state index is 12.6. The fourth-order valence-corrected chi connectivity index (χ4v) is 3.58. The van der Waals surface area contributed by atoms with Gasteiger partial charge < -0.3 is 0 Å². The van der Waals surface area contributed by atoms with Crippen LogP contribution in [0.5, 0.6) is 0 Å². The van der Waals surface area contributed by atoms with Crippen molar-refractivity contribution < 1.29 is 8.42 Å². The molecule has 3 aromatic rings. The first kappa shape index (κ1) is 14.9. The molecule has 0 heterocycles. The summed E-state index contributed by atoms with van der Waals surface area (Å²) in [6.07, 6.45) is 0. The normalized spacial score (nSPS) is 11.5. The zero-order valence-electron chi connectivity index (χ0n) is 11.9. The van der Waals surface area contributed by atoms with E-state index in [1.54, 1.807) is 25.1 Å². The van der Waals surface area contributed by atoms with Gasteiger partial charge in [0.2, 0.25) is 0 Å². The van der Waals surface area contributed by atoms with Gasteiger partial charge in [0.1, 0.15) is 0 Å².